The molecule has 0 aliphatic carbocycles. The maximum absolute atomic E-state index is 13.5. The van der Waals surface area contributed by atoms with E-state index >= 15 is 0 Å². The van der Waals surface area contributed by atoms with Crippen LogP contribution in [0, 0.1) is 11.6 Å². The average molecular weight is 648 g/mol. The van der Waals surface area contributed by atoms with E-state index in [1.165, 1.54) is 17.7 Å². The molecule has 0 saturated carbocycles. The first-order valence-corrected chi connectivity index (χ1v) is 12.8. The van der Waals surface area contributed by atoms with Crippen molar-refractivity contribution in [1.29, 1.82) is 0 Å². The molecule has 0 aromatic heterocycles. The molecule has 0 aliphatic heterocycles. The molecule has 17 heteroatoms. The van der Waals surface area contributed by atoms with E-state index in [1.54, 1.807) is 0 Å². The summed E-state index contributed by atoms with van der Waals surface area (Å²) in [6, 6.07) is 10.7. The second kappa shape index (κ2) is 19.4. The summed E-state index contributed by atoms with van der Waals surface area (Å²) in [7, 11) is 0. The first kappa shape index (κ1) is 40.2. The van der Waals surface area contributed by atoms with Crippen LogP contribution in [-0.4, -0.2) is 70.8 Å². The Balaban J connectivity index is 0.00000109. The Bertz CT molecular complexity index is 1150. The van der Waals surface area contributed by atoms with Crippen molar-refractivity contribution in [3.8, 4) is 0 Å². The van der Waals surface area contributed by atoms with Crippen molar-refractivity contribution in [2.24, 2.45) is 5.73 Å². The third kappa shape index (κ3) is 18.0. The largest absolute Gasteiger partial charge is 0.490 e. The summed E-state index contributed by atoms with van der Waals surface area (Å²) in [6.45, 7) is 3.25. The van der Waals surface area contributed by atoms with E-state index in [-0.39, 0.29) is 25.3 Å². The first-order valence-electron chi connectivity index (χ1n) is 12.8. The molecular formula is C27H33F8N3O6. The summed E-state index contributed by atoms with van der Waals surface area (Å²) in [5.74, 6) is -7.15. The number of aliphatic carboxylic acids is 2. The van der Waals surface area contributed by atoms with Crippen molar-refractivity contribution >= 4 is 17.8 Å². The third-order valence-corrected chi connectivity index (χ3v) is 5.36. The zero-order chi connectivity index (χ0) is 34.1. The lowest BCUT2D eigenvalue weighted by atomic mass is 10.00. The predicted octanol–water partition coefficient (Wildman–Crippen LogP) is 3.71. The zero-order valence-electron chi connectivity index (χ0n) is 23.3. The van der Waals surface area contributed by atoms with Crippen molar-refractivity contribution in [1.82, 2.24) is 10.6 Å². The van der Waals surface area contributed by atoms with Gasteiger partial charge in [-0.3, -0.25) is 4.79 Å². The number of rotatable bonds is 12. The quantitative estimate of drug-likeness (QED) is 0.190. The lowest BCUT2D eigenvalue weighted by molar-refractivity contribution is -0.193. The van der Waals surface area contributed by atoms with Crippen LogP contribution in [0.4, 0.5) is 35.1 Å². The smallest absolute Gasteiger partial charge is 0.475 e. The summed E-state index contributed by atoms with van der Waals surface area (Å²) in [5.41, 5.74) is 8.13. The normalized spacial score (nSPS) is 12.5. The molecule has 0 heterocycles. The number of amides is 1. The van der Waals surface area contributed by atoms with Crippen LogP contribution in [0.3, 0.4) is 0 Å². The number of benzene rings is 2. The molecule has 0 bridgehead atoms. The standard InChI is InChI=1S/C23H31F2N3O2.2C2HF3O2/c1-2-16-5-3-6-17(9-16)14-27-15-22(29)21(28-23(30)7-4-8-26)12-18-10-19(24)13-20(25)11-18;2*3-2(4,5)1(6)7/h3,5-6,9-11,13,21-22,27,29H,2,4,7-8,12,14-15,26H2,1H3,(H,28,30);2*(H,6,7)/t21-,22+;;/m0../s1. The number of hydrogen-bond acceptors (Lipinski definition) is 6. The van der Waals surface area contributed by atoms with Gasteiger partial charge in [0.05, 0.1) is 12.1 Å². The van der Waals surface area contributed by atoms with Gasteiger partial charge >= 0.3 is 24.3 Å². The van der Waals surface area contributed by atoms with Crippen molar-refractivity contribution in [2.75, 3.05) is 13.1 Å². The second-order valence-electron chi connectivity index (χ2n) is 9.03. The molecule has 0 spiro atoms. The number of nitrogens with two attached hydrogens (primary N) is 1. The number of carbonyl (C=O) groups excluding carboxylic acids is 1. The number of carboxylic acid groups (broad SMARTS) is 2. The molecule has 9 nitrogen and oxygen atoms in total. The fourth-order valence-electron chi connectivity index (χ4n) is 3.27. The van der Waals surface area contributed by atoms with Crippen LogP contribution in [0.25, 0.3) is 0 Å². The topological polar surface area (TPSA) is 162 Å². The number of aliphatic hydroxyl groups is 1. The summed E-state index contributed by atoms with van der Waals surface area (Å²) < 4.78 is 90.6. The Morgan fingerprint density at radius 3 is 1.82 bits per heavy atom. The minimum Gasteiger partial charge on any atom is -0.475 e. The van der Waals surface area contributed by atoms with Gasteiger partial charge in [-0.05, 0) is 54.6 Å². The highest BCUT2D eigenvalue weighted by Crippen LogP contribution is 2.14. The van der Waals surface area contributed by atoms with Crippen LogP contribution >= 0.6 is 0 Å². The molecule has 248 valence electrons. The molecule has 0 fully saturated rings. The number of alkyl halides is 6. The molecule has 2 rings (SSSR count). The Kier molecular flexibility index (Phi) is 17.8. The minimum atomic E-state index is -5.08. The van der Waals surface area contributed by atoms with Gasteiger partial charge in [0.15, 0.2) is 0 Å². The molecule has 0 radical (unpaired) electrons. The molecule has 2 aromatic rings. The monoisotopic (exact) mass is 647 g/mol. The van der Waals surface area contributed by atoms with Gasteiger partial charge in [-0.25, -0.2) is 18.4 Å². The van der Waals surface area contributed by atoms with E-state index < -0.39 is 48.1 Å². The molecule has 1 amide bonds. The van der Waals surface area contributed by atoms with Gasteiger partial charge in [0, 0.05) is 25.6 Å². The van der Waals surface area contributed by atoms with E-state index in [0.717, 1.165) is 18.1 Å². The van der Waals surface area contributed by atoms with Gasteiger partial charge in [0.2, 0.25) is 5.91 Å². The Morgan fingerprint density at radius 2 is 1.36 bits per heavy atom. The van der Waals surface area contributed by atoms with E-state index in [1.807, 2.05) is 12.1 Å². The first-order chi connectivity index (χ1) is 20.3. The lowest BCUT2D eigenvalue weighted by Gasteiger charge is -2.25. The van der Waals surface area contributed by atoms with E-state index in [2.05, 4.69) is 29.7 Å². The molecule has 0 aliphatic rings. The molecule has 7 N–H and O–H groups in total. The van der Waals surface area contributed by atoms with Gasteiger partial charge in [-0.15, -0.1) is 0 Å². The Morgan fingerprint density at radius 1 is 0.864 bits per heavy atom. The number of carboxylic acids is 2. The fraction of sp³-hybridized carbons (Fsp3) is 0.444. The predicted molar refractivity (Wildman–Crippen MR) is 141 cm³/mol. The molecular weight excluding hydrogens is 614 g/mol. The minimum absolute atomic E-state index is 0.108. The third-order valence-electron chi connectivity index (χ3n) is 5.36. The Hall–Kier alpha value is -3.83. The van der Waals surface area contributed by atoms with Crippen LogP contribution in [0.5, 0.6) is 0 Å². The van der Waals surface area contributed by atoms with E-state index in [4.69, 9.17) is 25.5 Å². The molecule has 2 aromatic carbocycles. The van der Waals surface area contributed by atoms with Gasteiger partial charge < -0.3 is 31.7 Å². The van der Waals surface area contributed by atoms with Gasteiger partial charge in [-0.2, -0.15) is 26.3 Å². The second-order valence-corrected chi connectivity index (χ2v) is 9.03. The Labute approximate surface area is 247 Å². The van der Waals surface area contributed by atoms with E-state index in [9.17, 15) is 45.0 Å². The molecule has 0 unspecified atom stereocenters. The number of aryl methyl sites for hydroxylation is 1. The fourth-order valence-corrected chi connectivity index (χ4v) is 3.27. The van der Waals surface area contributed by atoms with Crippen LogP contribution in [0.1, 0.15) is 36.5 Å². The molecule has 2 atom stereocenters. The van der Waals surface area contributed by atoms with Crippen LogP contribution in [0.15, 0.2) is 42.5 Å². The maximum Gasteiger partial charge on any atom is 0.490 e. The van der Waals surface area contributed by atoms with Crippen molar-refractivity contribution < 1.29 is 64.8 Å². The van der Waals surface area contributed by atoms with Crippen LogP contribution in [-0.2, 0) is 33.8 Å². The van der Waals surface area contributed by atoms with Gasteiger partial charge in [0.25, 0.3) is 0 Å². The molecule has 0 saturated heterocycles. The molecule has 44 heavy (non-hydrogen) atoms. The highest BCUT2D eigenvalue weighted by molar-refractivity contribution is 5.76. The highest BCUT2D eigenvalue weighted by atomic mass is 19.4. The maximum atomic E-state index is 13.5. The van der Waals surface area contributed by atoms with Crippen LogP contribution < -0.4 is 16.4 Å². The van der Waals surface area contributed by atoms with Crippen LogP contribution in [0.2, 0.25) is 0 Å². The van der Waals surface area contributed by atoms with Crippen molar-refractivity contribution in [3.63, 3.8) is 0 Å². The highest BCUT2D eigenvalue weighted by Gasteiger charge is 2.38. The number of hydrogen-bond donors (Lipinski definition) is 6. The number of nitrogens with one attached hydrogen (secondary N) is 2. The van der Waals surface area contributed by atoms with E-state index in [0.29, 0.717) is 25.1 Å². The van der Waals surface area contributed by atoms with Crippen molar-refractivity contribution in [2.45, 2.75) is 63.7 Å². The SMILES string of the molecule is CCc1cccc(CNC[C@@H](O)[C@H](Cc2cc(F)cc(F)c2)NC(=O)CCCN)c1.O=C(O)C(F)(F)F.O=C(O)C(F)(F)F. The summed E-state index contributed by atoms with van der Waals surface area (Å²) in [5, 5.41) is 30.9. The average Bonchev–Trinajstić information content (AvgIpc) is 2.90. The van der Waals surface area contributed by atoms with Crippen molar-refractivity contribution in [3.05, 3.63) is 70.8 Å². The van der Waals surface area contributed by atoms with Gasteiger partial charge in [0.1, 0.15) is 11.6 Å². The number of carbonyl (C=O) groups is 3. The lowest BCUT2D eigenvalue weighted by Crippen LogP contribution is -2.48. The summed E-state index contributed by atoms with van der Waals surface area (Å²) in [4.78, 5) is 30.0. The number of halogens is 8. The summed E-state index contributed by atoms with van der Waals surface area (Å²) >= 11 is 0. The summed E-state index contributed by atoms with van der Waals surface area (Å²) in [6.07, 6.45) is -9.30. The zero-order valence-corrected chi connectivity index (χ0v) is 23.3. The van der Waals surface area contributed by atoms with Gasteiger partial charge in [-0.1, -0.05) is 31.2 Å². The number of aliphatic hydroxyl groups excluding tert-OH is 1.